The van der Waals surface area contributed by atoms with E-state index in [0.29, 0.717) is 23.0 Å². The van der Waals surface area contributed by atoms with Crippen LogP contribution in [0.15, 0.2) is 18.2 Å². The molecule has 0 saturated heterocycles. The van der Waals surface area contributed by atoms with Gasteiger partial charge < -0.3 is 15.2 Å². The molecule has 1 aromatic carbocycles. The second-order valence-corrected chi connectivity index (χ2v) is 9.11. The molecule has 140 valence electrons. The minimum Gasteiger partial charge on any atom is -0.444 e. The summed E-state index contributed by atoms with van der Waals surface area (Å²) >= 11 is 12.3. The molecular weight excluding hydrogens is 361 g/mol. The number of rotatable bonds is 3. The molecule has 0 heterocycles. The minimum absolute atomic E-state index is 0.371. The Bertz CT molecular complexity index is 640. The highest BCUT2D eigenvalue weighted by atomic mass is 35.5. The Morgan fingerprint density at radius 2 is 1.96 bits per heavy atom. The van der Waals surface area contributed by atoms with Gasteiger partial charge in [-0.05, 0) is 71.1 Å². The minimum atomic E-state index is -0.792. The Hall–Kier alpha value is -0.970. The second kappa shape index (κ2) is 7.34. The lowest BCUT2D eigenvalue weighted by molar-refractivity contribution is -0.0115. The number of halogens is 2. The fourth-order valence-corrected chi connectivity index (χ4v) is 3.89. The van der Waals surface area contributed by atoms with Gasteiger partial charge in [0, 0.05) is 12.0 Å². The van der Waals surface area contributed by atoms with E-state index >= 15 is 0 Å². The molecule has 2 atom stereocenters. The summed E-state index contributed by atoms with van der Waals surface area (Å²) in [7, 11) is 0. The van der Waals surface area contributed by atoms with Gasteiger partial charge in [-0.3, -0.25) is 0 Å². The SMILES string of the molecule is CC(C)(C)OC(=O)NCC1(c2ccc(Cl)c(Cl)c2)CCC[C@@](C)(O)C1. The third-order valence-electron chi connectivity index (χ3n) is 4.59. The Labute approximate surface area is 159 Å². The van der Waals surface area contributed by atoms with Gasteiger partial charge >= 0.3 is 6.09 Å². The first-order valence-corrected chi connectivity index (χ1v) is 9.33. The number of carbonyl (C=O) groups excluding carboxylic acids is 1. The van der Waals surface area contributed by atoms with Crippen LogP contribution in [-0.4, -0.2) is 28.9 Å². The van der Waals surface area contributed by atoms with Crippen LogP contribution >= 0.6 is 23.2 Å². The molecule has 1 fully saturated rings. The van der Waals surface area contributed by atoms with E-state index in [2.05, 4.69) is 5.32 Å². The van der Waals surface area contributed by atoms with E-state index in [0.717, 1.165) is 24.8 Å². The molecule has 1 unspecified atom stereocenters. The fourth-order valence-electron chi connectivity index (χ4n) is 3.59. The molecule has 1 aliphatic carbocycles. The molecule has 1 aromatic rings. The largest absolute Gasteiger partial charge is 0.444 e. The first kappa shape index (κ1) is 20.3. The Kier molecular flexibility index (Phi) is 5.97. The van der Waals surface area contributed by atoms with Crippen molar-refractivity contribution in [1.29, 1.82) is 0 Å². The zero-order chi connectivity index (χ0) is 18.9. The van der Waals surface area contributed by atoms with Crippen molar-refractivity contribution in [3.8, 4) is 0 Å². The fraction of sp³-hybridized carbons (Fsp3) is 0.632. The van der Waals surface area contributed by atoms with Crippen LogP contribution in [0.3, 0.4) is 0 Å². The van der Waals surface area contributed by atoms with Crippen LogP contribution in [0.1, 0.15) is 58.9 Å². The maximum atomic E-state index is 12.1. The van der Waals surface area contributed by atoms with E-state index in [-0.39, 0.29) is 0 Å². The highest BCUT2D eigenvalue weighted by Crippen LogP contribution is 2.44. The first-order valence-electron chi connectivity index (χ1n) is 8.57. The zero-order valence-corrected chi connectivity index (χ0v) is 16.8. The maximum absolute atomic E-state index is 12.1. The first-order chi connectivity index (χ1) is 11.4. The quantitative estimate of drug-likeness (QED) is 0.759. The summed E-state index contributed by atoms with van der Waals surface area (Å²) in [5.74, 6) is 0. The number of nitrogens with one attached hydrogen (secondary N) is 1. The van der Waals surface area contributed by atoms with Crippen molar-refractivity contribution >= 4 is 29.3 Å². The van der Waals surface area contributed by atoms with Crippen LogP contribution in [0.5, 0.6) is 0 Å². The molecule has 1 aliphatic rings. The Balaban J connectivity index is 2.27. The van der Waals surface area contributed by atoms with Gasteiger partial charge in [-0.25, -0.2) is 4.79 Å². The molecule has 25 heavy (non-hydrogen) atoms. The van der Waals surface area contributed by atoms with Gasteiger partial charge in [0.25, 0.3) is 0 Å². The van der Waals surface area contributed by atoms with Crippen LogP contribution in [0, 0.1) is 0 Å². The lowest BCUT2D eigenvalue weighted by atomic mass is 9.64. The normalized spacial score (nSPS) is 27.0. The van der Waals surface area contributed by atoms with E-state index in [1.807, 2.05) is 39.8 Å². The molecule has 0 spiro atoms. The molecule has 4 nitrogen and oxygen atoms in total. The number of alkyl carbamates (subject to hydrolysis) is 1. The Morgan fingerprint density at radius 3 is 2.52 bits per heavy atom. The average Bonchev–Trinajstić information content (AvgIpc) is 2.45. The smallest absolute Gasteiger partial charge is 0.407 e. The van der Waals surface area contributed by atoms with Crippen LogP contribution in [0.25, 0.3) is 0 Å². The summed E-state index contributed by atoms with van der Waals surface area (Å²) < 4.78 is 5.34. The molecule has 0 bridgehead atoms. The van der Waals surface area contributed by atoms with Gasteiger partial charge in [-0.15, -0.1) is 0 Å². The number of amides is 1. The van der Waals surface area contributed by atoms with Crippen molar-refractivity contribution in [1.82, 2.24) is 5.32 Å². The standard InChI is InChI=1S/C19H27Cl2NO3/c1-17(2,3)25-16(23)22-12-19(9-5-8-18(4,24)11-19)13-6-7-14(20)15(21)10-13/h6-7,10,24H,5,8-9,11-12H2,1-4H3,(H,22,23)/t18-,19?/m1/s1. The highest BCUT2D eigenvalue weighted by Gasteiger charge is 2.43. The summed E-state index contributed by atoms with van der Waals surface area (Å²) in [6.45, 7) is 7.69. The van der Waals surface area contributed by atoms with Crippen LogP contribution < -0.4 is 5.32 Å². The number of aliphatic hydroxyl groups is 1. The topological polar surface area (TPSA) is 58.6 Å². The van der Waals surface area contributed by atoms with Crippen LogP contribution in [0.4, 0.5) is 4.79 Å². The summed E-state index contributed by atoms with van der Waals surface area (Å²) in [4.78, 5) is 12.1. The zero-order valence-electron chi connectivity index (χ0n) is 15.3. The maximum Gasteiger partial charge on any atom is 0.407 e. The molecule has 1 saturated carbocycles. The Morgan fingerprint density at radius 1 is 1.28 bits per heavy atom. The number of hydrogen-bond donors (Lipinski definition) is 2. The van der Waals surface area contributed by atoms with E-state index in [1.54, 1.807) is 6.07 Å². The molecule has 2 N–H and O–H groups in total. The number of ether oxygens (including phenoxy) is 1. The van der Waals surface area contributed by atoms with Crippen LogP contribution in [0.2, 0.25) is 10.0 Å². The van der Waals surface area contributed by atoms with E-state index < -0.39 is 22.7 Å². The molecule has 1 amide bonds. The predicted molar refractivity (Wildman–Crippen MR) is 101 cm³/mol. The van der Waals surface area contributed by atoms with Crippen molar-refractivity contribution in [3.05, 3.63) is 33.8 Å². The summed E-state index contributed by atoms with van der Waals surface area (Å²) in [5.41, 5.74) is -0.788. The summed E-state index contributed by atoms with van der Waals surface area (Å²) in [6, 6.07) is 5.52. The molecule has 0 radical (unpaired) electrons. The molecule has 0 aromatic heterocycles. The van der Waals surface area contributed by atoms with Crippen molar-refractivity contribution in [3.63, 3.8) is 0 Å². The van der Waals surface area contributed by atoms with Crippen molar-refractivity contribution in [2.24, 2.45) is 0 Å². The second-order valence-electron chi connectivity index (χ2n) is 8.29. The number of hydrogen-bond acceptors (Lipinski definition) is 3. The van der Waals surface area contributed by atoms with Crippen molar-refractivity contribution in [2.45, 2.75) is 70.0 Å². The van der Waals surface area contributed by atoms with Crippen molar-refractivity contribution < 1.29 is 14.6 Å². The summed E-state index contributed by atoms with van der Waals surface area (Å²) in [5, 5.41) is 14.5. The molecule has 6 heteroatoms. The third-order valence-corrected chi connectivity index (χ3v) is 5.33. The van der Waals surface area contributed by atoms with E-state index in [4.69, 9.17) is 27.9 Å². The van der Waals surface area contributed by atoms with Crippen molar-refractivity contribution in [2.75, 3.05) is 6.54 Å². The number of benzene rings is 1. The highest BCUT2D eigenvalue weighted by molar-refractivity contribution is 6.42. The molecule has 2 rings (SSSR count). The van der Waals surface area contributed by atoms with Gasteiger partial charge in [-0.1, -0.05) is 29.3 Å². The lowest BCUT2D eigenvalue weighted by Gasteiger charge is -2.44. The lowest BCUT2D eigenvalue weighted by Crippen LogP contribution is -2.49. The van der Waals surface area contributed by atoms with Gasteiger partial charge in [0.15, 0.2) is 0 Å². The summed E-state index contributed by atoms with van der Waals surface area (Å²) in [6.07, 6.45) is 2.52. The molecular formula is C19H27Cl2NO3. The molecule has 0 aliphatic heterocycles. The third kappa shape index (κ3) is 5.50. The predicted octanol–water partition coefficient (Wildman–Crippen LogP) is 5.08. The number of carbonyl (C=O) groups is 1. The van der Waals surface area contributed by atoms with Gasteiger partial charge in [0.1, 0.15) is 5.60 Å². The van der Waals surface area contributed by atoms with Gasteiger partial charge in [0.05, 0.1) is 15.6 Å². The van der Waals surface area contributed by atoms with Crippen LogP contribution in [-0.2, 0) is 10.2 Å². The monoisotopic (exact) mass is 387 g/mol. The van der Waals surface area contributed by atoms with E-state index in [9.17, 15) is 9.90 Å². The van der Waals surface area contributed by atoms with Gasteiger partial charge in [-0.2, -0.15) is 0 Å². The van der Waals surface area contributed by atoms with Gasteiger partial charge in [0.2, 0.25) is 0 Å². The average molecular weight is 388 g/mol. The van der Waals surface area contributed by atoms with E-state index in [1.165, 1.54) is 0 Å².